The van der Waals surface area contributed by atoms with E-state index in [4.69, 9.17) is 11.6 Å². The second-order valence-electron chi connectivity index (χ2n) is 3.73. The maximum absolute atomic E-state index is 13.2. The predicted molar refractivity (Wildman–Crippen MR) is 60.5 cm³/mol. The molecule has 94 valence electrons. The van der Waals surface area contributed by atoms with E-state index in [-0.39, 0.29) is 23.7 Å². The molecule has 7 heteroatoms. The summed E-state index contributed by atoms with van der Waals surface area (Å²) in [5.74, 6) is -2.53. The van der Waals surface area contributed by atoms with E-state index in [0.717, 1.165) is 11.0 Å². The molecule has 1 heterocycles. The van der Waals surface area contributed by atoms with Gasteiger partial charge in [-0.1, -0.05) is 17.7 Å². The fourth-order valence-corrected chi connectivity index (χ4v) is 1.83. The van der Waals surface area contributed by atoms with Gasteiger partial charge < -0.3 is 4.90 Å². The summed E-state index contributed by atoms with van der Waals surface area (Å²) in [7, 11) is 0. The largest absolute Gasteiger partial charge is 0.320 e. The molecule has 0 atom stereocenters. The van der Waals surface area contributed by atoms with Crippen molar-refractivity contribution in [3.05, 3.63) is 34.6 Å². The lowest BCUT2D eigenvalue weighted by Crippen LogP contribution is -2.53. The minimum Gasteiger partial charge on any atom is -0.320 e. The van der Waals surface area contributed by atoms with E-state index in [1.165, 1.54) is 12.1 Å². The molecule has 0 radical (unpaired) electrons. The molecule has 2 rings (SSSR count). The molecule has 0 unspecified atom stereocenters. The molecule has 1 aromatic carbocycles. The molecule has 5 nitrogen and oxygen atoms in total. The van der Waals surface area contributed by atoms with Crippen LogP contribution in [0, 0.1) is 5.82 Å². The smallest absolute Gasteiger partial charge is 0.256 e. The lowest BCUT2D eigenvalue weighted by molar-refractivity contribution is -0.135. The van der Waals surface area contributed by atoms with Crippen LogP contribution in [0.25, 0.3) is 0 Å². The summed E-state index contributed by atoms with van der Waals surface area (Å²) in [5.41, 5.74) is -0.0702. The van der Waals surface area contributed by atoms with Crippen molar-refractivity contribution in [1.29, 1.82) is 0 Å². The van der Waals surface area contributed by atoms with Crippen molar-refractivity contribution < 1.29 is 18.8 Å². The number of nitrogens with one attached hydrogen (secondary N) is 1. The summed E-state index contributed by atoms with van der Waals surface area (Å²) in [6, 6.07) is 3.79. The zero-order chi connectivity index (χ0) is 13.3. The van der Waals surface area contributed by atoms with Crippen LogP contribution in [0.15, 0.2) is 18.2 Å². The van der Waals surface area contributed by atoms with Crippen LogP contribution in [0.2, 0.25) is 5.02 Å². The van der Waals surface area contributed by atoms with Crippen molar-refractivity contribution in [3.8, 4) is 0 Å². The van der Waals surface area contributed by atoms with Gasteiger partial charge in [0.05, 0.1) is 10.6 Å². The minimum atomic E-state index is -0.727. The van der Waals surface area contributed by atoms with Crippen molar-refractivity contribution in [1.82, 2.24) is 10.2 Å². The molecule has 0 aromatic heterocycles. The standard InChI is InChI=1S/C11H8ClFN2O3/c12-10-6(2-1-3-7(10)13)11(18)15-4-8(16)14-9(17)5-15/h1-3H,4-5H2,(H,14,16,17). The highest BCUT2D eigenvalue weighted by atomic mass is 35.5. The Morgan fingerprint density at radius 3 is 2.50 bits per heavy atom. The van der Waals surface area contributed by atoms with E-state index >= 15 is 0 Å². The van der Waals surface area contributed by atoms with E-state index < -0.39 is 23.5 Å². The van der Waals surface area contributed by atoms with Crippen molar-refractivity contribution in [2.45, 2.75) is 0 Å². The molecule has 3 amide bonds. The highest BCUT2D eigenvalue weighted by Gasteiger charge is 2.28. The highest BCUT2D eigenvalue weighted by molar-refractivity contribution is 6.34. The second-order valence-corrected chi connectivity index (χ2v) is 4.11. The van der Waals surface area contributed by atoms with Crippen LogP contribution >= 0.6 is 11.6 Å². The van der Waals surface area contributed by atoms with E-state index in [0.29, 0.717) is 0 Å². The average molecular weight is 271 g/mol. The predicted octanol–water partition coefficient (Wildman–Crippen LogP) is 0.578. The van der Waals surface area contributed by atoms with Gasteiger partial charge in [0.1, 0.15) is 18.9 Å². The quantitative estimate of drug-likeness (QED) is 0.759. The van der Waals surface area contributed by atoms with E-state index in [1.54, 1.807) is 0 Å². The monoisotopic (exact) mass is 270 g/mol. The van der Waals surface area contributed by atoms with Crippen LogP contribution in [-0.4, -0.2) is 35.7 Å². The van der Waals surface area contributed by atoms with E-state index in [9.17, 15) is 18.8 Å². The van der Waals surface area contributed by atoms with E-state index in [1.807, 2.05) is 0 Å². The summed E-state index contributed by atoms with van der Waals surface area (Å²) in [6.07, 6.45) is 0. The number of hydrogen-bond acceptors (Lipinski definition) is 3. The van der Waals surface area contributed by atoms with Gasteiger partial charge in [-0.2, -0.15) is 0 Å². The third-order valence-electron chi connectivity index (χ3n) is 2.42. The number of carbonyl (C=O) groups is 3. The number of amides is 3. The van der Waals surface area contributed by atoms with Gasteiger partial charge >= 0.3 is 0 Å². The van der Waals surface area contributed by atoms with Gasteiger partial charge in [0.2, 0.25) is 11.8 Å². The lowest BCUT2D eigenvalue weighted by atomic mass is 10.1. The first-order valence-corrected chi connectivity index (χ1v) is 5.43. The number of carbonyl (C=O) groups excluding carboxylic acids is 3. The summed E-state index contributed by atoms with van der Waals surface area (Å²) >= 11 is 5.67. The summed E-state index contributed by atoms with van der Waals surface area (Å²) in [5, 5.41) is 1.74. The summed E-state index contributed by atoms with van der Waals surface area (Å²) in [6.45, 7) is -0.505. The second kappa shape index (κ2) is 4.73. The van der Waals surface area contributed by atoms with Crippen LogP contribution in [0.4, 0.5) is 4.39 Å². The Kier molecular flexibility index (Phi) is 3.29. The number of imide groups is 1. The van der Waals surface area contributed by atoms with Gasteiger partial charge in [-0.25, -0.2) is 4.39 Å². The molecule has 1 N–H and O–H groups in total. The van der Waals surface area contributed by atoms with E-state index in [2.05, 4.69) is 5.32 Å². The van der Waals surface area contributed by atoms with Crippen molar-refractivity contribution in [2.75, 3.05) is 13.1 Å². The molecule has 0 aliphatic carbocycles. The van der Waals surface area contributed by atoms with Gasteiger partial charge in [0.25, 0.3) is 5.91 Å². The molecule has 0 saturated carbocycles. The molecule has 0 spiro atoms. The molecule has 1 aromatic rings. The molecular weight excluding hydrogens is 263 g/mol. The molecule has 1 fully saturated rings. The molecule has 0 bridgehead atoms. The topological polar surface area (TPSA) is 66.5 Å². The number of piperazine rings is 1. The first kappa shape index (κ1) is 12.5. The maximum atomic E-state index is 13.2. The van der Waals surface area contributed by atoms with Crippen molar-refractivity contribution in [2.24, 2.45) is 0 Å². The minimum absolute atomic E-state index is 0.0702. The van der Waals surface area contributed by atoms with Crippen LogP contribution < -0.4 is 5.32 Å². The SMILES string of the molecule is O=C1CN(C(=O)c2cccc(F)c2Cl)CC(=O)N1. The Morgan fingerprint density at radius 1 is 1.28 bits per heavy atom. The van der Waals surface area contributed by atoms with Crippen LogP contribution in [0.3, 0.4) is 0 Å². The Hall–Kier alpha value is -1.95. The van der Waals surface area contributed by atoms with Gasteiger partial charge in [-0.05, 0) is 12.1 Å². The first-order valence-electron chi connectivity index (χ1n) is 5.05. The Bertz CT molecular complexity index is 531. The number of nitrogens with zero attached hydrogens (tertiary/aromatic N) is 1. The molecular formula is C11H8ClFN2O3. The molecule has 1 aliphatic rings. The van der Waals surface area contributed by atoms with Gasteiger partial charge in [-0.15, -0.1) is 0 Å². The molecule has 18 heavy (non-hydrogen) atoms. The summed E-state index contributed by atoms with van der Waals surface area (Å²) in [4.78, 5) is 35.3. The van der Waals surface area contributed by atoms with Crippen molar-refractivity contribution in [3.63, 3.8) is 0 Å². The third-order valence-corrected chi connectivity index (χ3v) is 2.80. The molecule has 1 saturated heterocycles. The first-order chi connectivity index (χ1) is 8.49. The number of benzene rings is 1. The normalized spacial score (nSPS) is 15.6. The summed E-state index contributed by atoms with van der Waals surface area (Å²) < 4.78 is 13.2. The molecule has 1 aliphatic heterocycles. The van der Waals surface area contributed by atoms with Gasteiger partial charge in [-0.3, -0.25) is 19.7 Å². The van der Waals surface area contributed by atoms with Crippen LogP contribution in [-0.2, 0) is 9.59 Å². The van der Waals surface area contributed by atoms with Crippen LogP contribution in [0.5, 0.6) is 0 Å². The third kappa shape index (κ3) is 2.33. The number of rotatable bonds is 1. The fourth-order valence-electron chi connectivity index (χ4n) is 1.62. The lowest BCUT2D eigenvalue weighted by Gasteiger charge is -2.25. The number of hydrogen-bond donors (Lipinski definition) is 1. The Balaban J connectivity index is 2.28. The fraction of sp³-hybridized carbons (Fsp3) is 0.182. The van der Waals surface area contributed by atoms with Crippen molar-refractivity contribution >= 4 is 29.3 Å². The Morgan fingerprint density at radius 2 is 1.89 bits per heavy atom. The zero-order valence-corrected chi connectivity index (χ0v) is 9.83. The highest BCUT2D eigenvalue weighted by Crippen LogP contribution is 2.21. The maximum Gasteiger partial charge on any atom is 0.256 e. The zero-order valence-electron chi connectivity index (χ0n) is 9.07. The van der Waals surface area contributed by atoms with Crippen LogP contribution in [0.1, 0.15) is 10.4 Å². The Labute approximate surface area is 107 Å². The van der Waals surface area contributed by atoms with Gasteiger partial charge in [0.15, 0.2) is 0 Å². The average Bonchev–Trinajstić information content (AvgIpc) is 2.30. The van der Waals surface area contributed by atoms with Gasteiger partial charge in [0, 0.05) is 0 Å². The number of halogens is 2.